The zero-order valence-corrected chi connectivity index (χ0v) is 16.3. The van der Waals surface area contributed by atoms with Crippen LogP contribution in [0.15, 0.2) is 48.7 Å². The van der Waals surface area contributed by atoms with Crippen LogP contribution in [0.2, 0.25) is 0 Å². The molecule has 1 heterocycles. The van der Waals surface area contributed by atoms with Gasteiger partial charge in [-0.3, -0.25) is 0 Å². The Balaban J connectivity index is 1.39. The first-order valence-corrected chi connectivity index (χ1v) is 9.83. The topological polar surface area (TPSA) is 74.5 Å². The second-order valence-corrected chi connectivity index (χ2v) is 8.23. The molecule has 0 saturated heterocycles. The highest BCUT2D eigenvalue weighted by molar-refractivity contribution is 5.68. The number of carbonyl (C=O) groups excluding carboxylic acids is 1. The smallest absolute Gasteiger partial charge is 0.408 e. The summed E-state index contributed by atoms with van der Waals surface area (Å²) in [5.41, 5.74) is 1.00. The first-order chi connectivity index (χ1) is 13.4. The van der Waals surface area contributed by atoms with Gasteiger partial charge in [0.25, 0.3) is 0 Å². The number of rotatable bonds is 6. The van der Waals surface area contributed by atoms with Crippen LogP contribution in [0, 0.1) is 17.0 Å². The van der Waals surface area contributed by atoms with Crippen LogP contribution < -0.4 is 14.8 Å². The number of alkyl carbamates (subject to hydrolysis) is 1. The Morgan fingerprint density at radius 1 is 1.21 bits per heavy atom. The third-order valence-corrected chi connectivity index (χ3v) is 5.82. The molecule has 0 radical (unpaired) electrons. The van der Waals surface area contributed by atoms with Crippen LogP contribution in [-0.2, 0) is 16.9 Å². The summed E-state index contributed by atoms with van der Waals surface area (Å²) in [5.74, 6) is 1.50. The van der Waals surface area contributed by atoms with E-state index in [1.807, 2.05) is 44.2 Å². The fourth-order valence-corrected chi connectivity index (χ4v) is 4.10. The number of fused-ring (bicyclic) bond motifs is 1. The van der Waals surface area contributed by atoms with Crippen molar-refractivity contribution in [3.05, 3.63) is 65.0 Å². The summed E-state index contributed by atoms with van der Waals surface area (Å²) < 4.78 is 12.0. The summed E-state index contributed by atoms with van der Waals surface area (Å²) in [7, 11) is 0. The number of nitrogens with one attached hydrogen (secondary N) is 1. The van der Waals surface area contributed by atoms with Gasteiger partial charge in [0.1, 0.15) is 12.7 Å². The minimum absolute atomic E-state index is 0.163. The van der Waals surface area contributed by atoms with Crippen LogP contribution in [0.3, 0.4) is 0 Å². The molecule has 2 fully saturated rings. The van der Waals surface area contributed by atoms with Crippen LogP contribution in [0.25, 0.3) is 0 Å². The van der Waals surface area contributed by atoms with Crippen LogP contribution in [0.4, 0.5) is 4.79 Å². The van der Waals surface area contributed by atoms with Crippen molar-refractivity contribution < 1.29 is 19.0 Å². The Morgan fingerprint density at radius 3 is 2.64 bits per heavy atom. The SMILES string of the molecule is CC(C)(NC(=O)OCc1ccccc1)c1cc[n+]([O-])c(OC2[C@H]3CCC[C@@H]23)c1. The van der Waals surface area contributed by atoms with Crippen molar-refractivity contribution in [2.75, 3.05) is 0 Å². The molecule has 1 amide bonds. The normalized spacial score (nSPS) is 23.0. The quantitative estimate of drug-likeness (QED) is 0.611. The largest absolute Gasteiger partial charge is 0.616 e. The molecule has 1 aromatic carbocycles. The van der Waals surface area contributed by atoms with E-state index in [1.54, 1.807) is 12.1 Å². The Morgan fingerprint density at radius 2 is 1.93 bits per heavy atom. The fraction of sp³-hybridized carbons (Fsp3) is 0.455. The standard InChI is InChI=1S/C22H26N2O4/c1-22(2,23-21(25)27-14-15-7-4-3-5-8-15)16-11-12-24(26)19(13-16)28-20-17-9-6-10-18(17)20/h3-5,7-8,11-13,17-18,20H,6,9-10,14H2,1-2H3,(H,23,25)/t17-,18+,20?. The van der Waals surface area contributed by atoms with Crippen molar-refractivity contribution in [2.24, 2.45) is 11.8 Å². The molecule has 2 saturated carbocycles. The Kier molecular flexibility index (Phi) is 4.87. The van der Waals surface area contributed by atoms with Gasteiger partial charge < -0.3 is 20.0 Å². The second-order valence-electron chi connectivity index (χ2n) is 8.23. The van der Waals surface area contributed by atoms with Crippen molar-refractivity contribution >= 4 is 6.09 Å². The summed E-state index contributed by atoms with van der Waals surface area (Å²) in [6.45, 7) is 3.95. The molecular weight excluding hydrogens is 356 g/mol. The van der Waals surface area contributed by atoms with Crippen molar-refractivity contribution in [2.45, 2.75) is 51.4 Å². The molecule has 1 unspecified atom stereocenters. The molecule has 148 valence electrons. The van der Waals surface area contributed by atoms with Gasteiger partial charge in [-0.2, -0.15) is 0 Å². The van der Waals surface area contributed by atoms with Crippen LogP contribution in [0.1, 0.15) is 44.2 Å². The number of pyridine rings is 1. The molecular formula is C22H26N2O4. The molecule has 0 spiro atoms. The molecule has 4 rings (SSSR count). The first-order valence-electron chi connectivity index (χ1n) is 9.83. The van der Waals surface area contributed by atoms with Gasteiger partial charge in [-0.1, -0.05) is 36.8 Å². The monoisotopic (exact) mass is 382 g/mol. The molecule has 0 aliphatic heterocycles. The Labute approximate surface area is 165 Å². The molecule has 2 aliphatic carbocycles. The van der Waals surface area contributed by atoms with Crippen LogP contribution >= 0.6 is 0 Å². The lowest BCUT2D eigenvalue weighted by Crippen LogP contribution is -2.42. The summed E-state index contributed by atoms with van der Waals surface area (Å²) in [6.07, 6.45) is 4.72. The third-order valence-electron chi connectivity index (χ3n) is 5.82. The summed E-state index contributed by atoms with van der Waals surface area (Å²) >= 11 is 0. The molecule has 1 N–H and O–H groups in total. The maximum atomic E-state index is 12.2. The number of amides is 1. The Bertz CT molecular complexity index is 843. The molecule has 2 aliphatic rings. The molecule has 1 aromatic heterocycles. The highest BCUT2D eigenvalue weighted by atomic mass is 16.6. The molecule has 28 heavy (non-hydrogen) atoms. The Hall–Kier alpha value is -2.76. The van der Waals surface area contributed by atoms with E-state index in [0.717, 1.165) is 15.9 Å². The number of ether oxygens (including phenoxy) is 2. The van der Waals surface area contributed by atoms with Gasteiger partial charge in [-0.25, -0.2) is 4.79 Å². The van der Waals surface area contributed by atoms with E-state index < -0.39 is 11.6 Å². The van der Waals surface area contributed by atoms with Crippen LogP contribution in [-0.4, -0.2) is 12.2 Å². The molecule has 0 bridgehead atoms. The van der Waals surface area contributed by atoms with Gasteiger partial charge in [-0.05, 0) is 37.8 Å². The highest BCUT2D eigenvalue weighted by Gasteiger charge is 2.55. The lowest BCUT2D eigenvalue weighted by atomic mass is 9.95. The fourth-order valence-electron chi connectivity index (χ4n) is 4.10. The summed E-state index contributed by atoms with van der Waals surface area (Å²) in [4.78, 5) is 12.2. The average Bonchev–Trinajstić information content (AvgIpc) is 3.09. The number of hydrogen-bond acceptors (Lipinski definition) is 4. The van der Waals surface area contributed by atoms with Gasteiger partial charge in [0, 0.05) is 17.9 Å². The van der Waals surface area contributed by atoms with Crippen molar-refractivity contribution in [1.29, 1.82) is 0 Å². The van der Waals surface area contributed by atoms with Gasteiger partial charge in [0.2, 0.25) is 0 Å². The van der Waals surface area contributed by atoms with E-state index in [-0.39, 0.29) is 12.7 Å². The molecule has 6 nitrogen and oxygen atoms in total. The number of hydrogen-bond donors (Lipinski definition) is 1. The van der Waals surface area contributed by atoms with E-state index in [4.69, 9.17) is 9.47 Å². The van der Waals surface area contributed by atoms with E-state index in [9.17, 15) is 10.0 Å². The van der Waals surface area contributed by atoms with E-state index >= 15 is 0 Å². The number of aromatic nitrogens is 1. The minimum atomic E-state index is -0.709. The summed E-state index contributed by atoms with van der Waals surface area (Å²) in [6, 6.07) is 12.9. The maximum absolute atomic E-state index is 12.2. The van der Waals surface area contributed by atoms with Crippen molar-refractivity contribution in [1.82, 2.24) is 5.32 Å². The van der Waals surface area contributed by atoms with Gasteiger partial charge in [-0.15, -0.1) is 4.73 Å². The van der Waals surface area contributed by atoms with Gasteiger partial charge >= 0.3 is 12.0 Å². The lowest BCUT2D eigenvalue weighted by molar-refractivity contribution is -0.613. The first kappa shape index (κ1) is 18.6. The van der Waals surface area contributed by atoms with Crippen molar-refractivity contribution in [3.8, 4) is 5.88 Å². The van der Waals surface area contributed by atoms with E-state index in [1.165, 1.54) is 25.5 Å². The number of nitrogens with zero attached hydrogens (tertiary/aromatic N) is 1. The predicted molar refractivity (Wildman–Crippen MR) is 103 cm³/mol. The predicted octanol–water partition coefficient (Wildman–Crippen LogP) is 3.66. The van der Waals surface area contributed by atoms with E-state index in [0.29, 0.717) is 17.7 Å². The van der Waals surface area contributed by atoms with Gasteiger partial charge in [0.15, 0.2) is 6.20 Å². The average molecular weight is 382 g/mol. The molecule has 6 heteroatoms. The zero-order valence-electron chi connectivity index (χ0n) is 16.3. The molecule has 3 atom stereocenters. The van der Waals surface area contributed by atoms with Crippen molar-refractivity contribution in [3.63, 3.8) is 0 Å². The second kappa shape index (κ2) is 7.34. The number of benzene rings is 1. The lowest BCUT2D eigenvalue weighted by Gasteiger charge is -2.26. The van der Waals surface area contributed by atoms with E-state index in [2.05, 4.69) is 5.32 Å². The minimum Gasteiger partial charge on any atom is -0.616 e. The summed E-state index contributed by atoms with van der Waals surface area (Å²) in [5, 5.41) is 15.0. The van der Waals surface area contributed by atoms with Gasteiger partial charge in [0.05, 0.1) is 11.6 Å². The maximum Gasteiger partial charge on any atom is 0.408 e. The third kappa shape index (κ3) is 3.91. The molecule has 2 aromatic rings. The zero-order chi connectivity index (χ0) is 19.7. The highest BCUT2D eigenvalue weighted by Crippen LogP contribution is 2.53. The number of carbonyl (C=O) groups is 1. The van der Waals surface area contributed by atoms with Crippen LogP contribution in [0.5, 0.6) is 5.88 Å².